The maximum absolute atomic E-state index is 5.61. The normalized spacial score (nSPS) is 11.3. The summed E-state index contributed by atoms with van der Waals surface area (Å²) in [5.74, 6) is 1.26. The zero-order chi connectivity index (χ0) is 12.3. The van der Waals surface area contributed by atoms with E-state index in [9.17, 15) is 0 Å². The third-order valence-corrected chi connectivity index (χ3v) is 4.00. The highest BCUT2D eigenvalue weighted by Crippen LogP contribution is 2.32. The van der Waals surface area contributed by atoms with Crippen LogP contribution >= 0.6 is 27.3 Å². The molecule has 0 radical (unpaired) electrons. The first-order chi connectivity index (χ1) is 8.16. The molecule has 2 aromatic heterocycles. The molecule has 2 rings (SSSR count). The molecule has 17 heavy (non-hydrogen) atoms. The van der Waals surface area contributed by atoms with Crippen molar-refractivity contribution in [2.45, 2.75) is 26.3 Å². The highest BCUT2D eigenvalue weighted by molar-refractivity contribution is 9.10. The summed E-state index contributed by atoms with van der Waals surface area (Å²) < 4.78 is 6.61. The minimum Gasteiger partial charge on any atom is -0.420 e. The minimum absolute atomic E-state index is 0.476. The first-order valence-corrected chi connectivity index (χ1v) is 7.13. The lowest BCUT2D eigenvalue weighted by Crippen LogP contribution is -2.25. The molecule has 2 aromatic rings. The van der Waals surface area contributed by atoms with Crippen LogP contribution in [0.1, 0.15) is 19.7 Å². The van der Waals surface area contributed by atoms with Gasteiger partial charge in [-0.25, -0.2) is 0 Å². The van der Waals surface area contributed by atoms with Gasteiger partial charge in [0.15, 0.2) is 0 Å². The van der Waals surface area contributed by atoms with Crippen molar-refractivity contribution in [3.05, 3.63) is 21.8 Å². The van der Waals surface area contributed by atoms with Gasteiger partial charge in [-0.3, -0.25) is 0 Å². The van der Waals surface area contributed by atoms with Gasteiger partial charge in [0, 0.05) is 23.5 Å². The summed E-state index contributed by atoms with van der Waals surface area (Å²) in [6.07, 6.45) is 0.758. The molecule has 0 spiro atoms. The van der Waals surface area contributed by atoms with Crippen LogP contribution in [0.2, 0.25) is 0 Å². The van der Waals surface area contributed by atoms with Gasteiger partial charge in [-0.1, -0.05) is 13.8 Å². The quantitative estimate of drug-likeness (QED) is 0.921. The molecule has 0 bridgehead atoms. The Bertz CT molecular complexity index is 481. The van der Waals surface area contributed by atoms with E-state index < -0.39 is 0 Å². The van der Waals surface area contributed by atoms with Crippen LogP contribution < -0.4 is 5.32 Å². The fourth-order valence-corrected chi connectivity index (χ4v) is 2.82. The van der Waals surface area contributed by atoms with Crippen molar-refractivity contribution in [2.24, 2.45) is 0 Å². The van der Waals surface area contributed by atoms with Crippen molar-refractivity contribution in [1.29, 1.82) is 0 Å². The van der Waals surface area contributed by atoms with E-state index in [-0.39, 0.29) is 0 Å². The van der Waals surface area contributed by atoms with Crippen LogP contribution in [0.25, 0.3) is 10.8 Å². The molecule has 4 nitrogen and oxygen atoms in total. The Balaban J connectivity index is 1.99. The number of hydrogen-bond acceptors (Lipinski definition) is 5. The third kappa shape index (κ3) is 3.37. The van der Waals surface area contributed by atoms with Gasteiger partial charge in [-0.15, -0.1) is 21.5 Å². The molecule has 0 saturated carbocycles. The summed E-state index contributed by atoms with van der Waals surface area (Å²) >= 11 is 5.04. The molecule has 0 saturated heterocycles. The zero-order valence-electron chi connectivity index (χ0n) is 9.74. The van der Waals surface area contributed by atoms with Crippen LogP contribution in [-0.4, -0.2) is 22.8 Å². The number of nitrogens with one attached hydrogen (secondary N) is 1. The Kier molecular flexibility index (Phi) is 4.31. The van der Waals surface area contributed by atoms with Gasteiger partial charge in [0.05, 0.1) is 0 Å². The van der Waals surface area contributed by atoms with Gasteiger partial charge in [0.2, 0.25) is 5.89 Å². The predicted molar refractivity (Wildman–Crippen MR) is 72.2 cm³/mol. The van der Waals surface area contributed by atoms with E-state index in [1.54, 1.807) is 11.3 Å². The predicted octanol–water partition coefficient (Wildman–Crippen LogP) is 3.10. The van der Waals surface area contributed by atoms with Gasteiger partial charge in [0.1, 0.15) is 4.88 Å². The molecule has 2 heterocycles. The molecule has 1 N–H and O–H groups in total. The van der Waals surface area contributed by atoms with E-state index in [0.29, 0.717) is 17.8 Å². The van der Waals surface area contributed by atoms with E-state index >= 15 is 0 Å². The van der Waals surface area contributed by atoms with Crippen molar-refractivity contribution in [3.8, 4) is 10.8 Å². The lowest BCUT2D eigenvalue weighted by Gasteiger charge is -2.04. The highest BCUT2D eigenvalue weighted by atomic mass is 79.9. The number of nitrogens with zero attached hydrogens (tertiary/aromatic N) is 2. The standard InChI is InChI=1S/C11H14BrN3OS/c1-7(2)13-5-3-9-14-15-11(16-9)10-8(12)4-6-17-10/h4,6-7,13H,3,5H2,1-2H3. The smallest absolute Gasteiger partial charge is 0.258 e. The van der Waals surface area contributed by atoms with Gasteiger partial charge in [-0.05, 0) is 27.4 Å². The largest absolute Gasteiger partial charge is 0.420 e. The third-order valence-electron chi connectivity index (χ3n) is 2.17. The molecule has 0 aromatic carbocycles. The van der Waals surface area contributed by atoms with Gasteiger partial charge >= 0.3 is 0 Å². The van der Waals surface area contributed by atoms with E-state index in [0.717, 1.165) is 22.3 Å². The molecule has 0 aliphatic rings. The Morgan fingerprint density at radius 2 is 2.29 bits per heavy atom. The van der Waals surface area contributed by atoms with E-state index in [1.165, 1.54) is 0 Å². The molecule has 6 heteroatoms. The molecular weight excluding hydrogens is 302 g/mol. The second kappa shape index (κ2) is 5.75. The number of hydrogen-bond donors (Lipinski definition) is 1. The minimum atomic E-state index is 0.476. The molecular formula is C11H14BrN3OS. The van der Waals surface area contributed by atoms with Crippen molar-refractivity contribution in [2.75, 3.05) is 6.54 Å². The van der Waals surface area contributed by atoms with Crippen LogP contribution in [0.5, 0.6) is 0 Å². The van der Waals surface area contributed by atoms with Crippen molar-refractivity contribution in [3.63, 3.8) is 0 Å². The summed E-state index contributed by atoms with van der Waals surface area (Å²) in [6, 6.07) is 2.45. The monoisotopic (exact) mass is 315 g/mol. The van der Waals surface area contributed by atoms with Crippen molar-refractivity contribution >= 4 is 27.3 Å². The number of halogens is 1. The molecule has 0 fully saturated rings. The number of aromatic nitrogens is 2. The van der Waals surface area contributed by atoms with Gasteiger partial charge in [0.25, 0.3) is 5.89 Å². The van der Waals surface area contributed by atoms with E-state index in [4.69, 9.17) is 4.42 Å². The number of rotatable bonds is 5. The highest BCUT2D eigenvalue weighted by Gasteiger charge is 2.12. The summed E-state index contributed by atoms with van der Waals surface area (Å²) in [5.41, 5.74) is 0. The topological polar surface area (TPSA) is 51.0 Å². The molecule has 0 amide bonds. The van der Waals surface area contributed by atoms with Crippen LogP contribution in [0.4, 0.5) is 0 Å². The van der Waals surface area contributed by atoms with Gasteiger partial charge < -0.3 is 9.73 Å². The van der Waals surface area contributed by atoms with Crippen molar-refractivity contribution < 1.29 is 4.42 Å². The van der Waals surface area contributed by atoms with E-state index in [1.807, 2.05) is 11.4 Å². The summed E-state index contributed by atoms with van der Waals surface area (Å²) in [7, 11) is 0. The average molecular weight is 316 g/mol. The average Bonchev–Trinajstić information content (AvgIpc) is 2.86. The Hall–Kier alpha value is -0.720. The summed E-state index contributed by atoms with van der Waals surface area (Å²) in [5, 5.41) is 13.4. The lowest BCUT2D eigenvalue weighted by molar-refractivity contribution is 0.485. The lowest BCUT2D eigenvalue weighted by atomic mass is 10.3. The Morgan fingerprint density at radius 1 is 1.47 bits per heavy atom. The van der Waals surface area contributed by atoms with Gasteiger partial charge in [-0.2, -0.15) is 0 Å². The Morgan fingerprint density at radius 3 is 2.94 bits per heavy atom. The SMILES string of the molecule is CC(C)NCCc1nnc(-c2sccc2Br)o1. The van der Waals surface area contributed by atoms with Crippen LogP contribution in [0.3, 0.4) is 0 Å². The molecule has 0 aliphatic carbocycles. The maximum atomic E-state index is 5.61. The summed E-state index contributed by atoms with van der Waals surface area (Å²) in [4.78, 5) is 0.987. The molecule has 0 unspecified atom stereocenters. The summed E-state index contributed by atoms with van der Waals surface area (Å²) in [6.45, 7) is 5.08. The fourth-order valence-electron chi connectivity index (χ4n) is 1.36. The molecule has 0 aliphatic heterocycles. The maximum Gasteiger partial charge on any atom is 0.258 e. The first-order valence-electron chi connectivity index (χ1n) is 5.46. The fraction of sp³-hybridized carbons (Fsp3) is 0.455. The first kappa shape index (κ1) is 12.7. The van der Waals surface area contributed by atoms with Crippen LogP contribution in [0, 0.1) is 0 Å². The molecule has 92 valence electrons. The molecule has 0 atom stereocenters. The second-order valence-corrected chi connectivity index (χ2v) is 5.73. The number of thiophene rings is 1. The van der Waals surface area contributed by atoms with Crippen LogP contribution in [0.15, 0.2) is 20.3 Å². The van der Waals surface area contributed by atoms with Crippen molar-refractivity contribution in [1.82, 2.24) is 15.5 Å². The van der Waals surface area contributed by atoms with Crippen LogP contribution in [-0.2, 0) is 6.42 Å². The Labute approximate surface area is 113 Å². The second-order valence-electron chi connectivity index (χ2n) is 3.96. The zero-order valence-corrected chi connectivity index (χ0v) is 12.1. The van der Waals surface area contributed by atoms with E-state index in [2.05, 4.69) is 45.3 Å².